The number of hydrogen-bond donors (Lipinski definition) is 3. The minimum absolute atomic E-state index is 0.238. The normalized spacial score (nSPS) is 11.4. The van der Waals surface area contributed by atoms with Crippen LogP contribution in [-0.2, 0) is 0 Å². The van der Waals surface area contributed by atoms with Crippen molar-refractivity contribution in [3.63, 3.8) is 0 Å². The second-order valence-corrected chi connectivity index (χ2v) is 9.57. The lowest BCUT2D eigenvalue weighted by Gasteiger charge is -2.13. The Morgan fingerprint density at radius 1 is 1.05 bits per heavy atom. The summed E-state index contributed by atoms with van der Waals surface area (Å²) in [6, 6.07) is 11.5. The van der Waals surface area contributed by atoms with Crippen LogP contribution in [0.2, 0.25) is 0 Å². The maximum absolute atomic E-state index is 16.1. The molecule has 0 unspecified atom stereocenters. The van der Waals surface area contributed by atoms with Gasteiger partial charge in [-0.1, -0.05) is 65.1 Å². The van der Waals surface area contributed by atoms with Gasteiger partial charge in [0, 0.05) is 34.3 Å². The van der Waals surface area contributed by atoms with Crippen LogP contribution in [-0.4, -0.2) is 25.1 Å². The first kappa shape index (κ1) is 29.1. The molecule has 2 aromatic carbocycles. The summed E-state index contributed by atoms with van der Waals surface area (Å²) in [5.41, 5.74) is 6.39. The van der Waals surface area contributed by atoms with Crippen molar-refractivity contribution in [1.29, 1.82) is 0 Å². The van der Waals surface area contributed by atoms with Crippen LogP contribution in [0.1, 0.15) is 44.6 Å². The number of benzene rings is 2. The zero-order valence-corrected chi connectivity index (χ0v) is 23.9. The average molecular weight is 553 g/mol. The lowest BCUT2D eigenvalue weighted by atomic mass is 10.0. The summed E-state index contributed by atoms with van der Waals surface area (Å²) in [7, 11) is 0. The van der Waals surface area contributed by atoms with Crippen LogP contribution < -0.4 is 5.32 Å². The molecule has 8 heteroatoms. The fourth-order valence-corrected chi connectivity index (χ4v) is 4.35. The summed E-state index contributed by atoms with van der Waals surface area (Å²) in [4.78, 5) is 12.3. The standard InChI is InChI=1S/C31H28F2N6.C2H6/c1-6-7-25(20-8-10-22(32)11-9-20)29-19(5)36-31(37-29)30-27-26(38-39-30)13-12-24(28(27)33)21-14-23(16-34-15-21)35-18(4)17(2)3;1-2/h6-17,35H,1,4H2,2-3,5H3,(H,36,37)(H,38,39);1-2H3/b25-7-;. The zero-order valence-electron chi connectivity index (χ0n) is 23.9. The number of hydrogen-bond acceptors (Lipinski definition) is 4. The van der Waals surface area contributed by atoms with Gasteiger partial charge in [-0.25, -0.2) is 13.8 Å². The monoisotopic (exact) mass is 552 g/mol. The summed E-state index contributed by atoms with van der Waals surface area (Å²) < 4.78 is 29.7. The summed E-state index contributed by atoms with van der Waals surface area (Å²) in [5.74, 6) is -0.119. The Labute approximate surface area is 239 Å². The Bertz CT molecular complexity index is 1720. The van der Waals surface area contributed by atoms with Gasteiger partial charge in [-0.15, -0.1) is 0 Å². The highest BCUT2D eigenvalue weighted by Crippen LogP contribution is 2.35. The first-order chi connectivity index (χ1) is 19.8. The van der Waals surface area contributed by atoms with Crippen molar-refractivity contribution >= 4 is 22.2 Å². The molecule has 3 aromatic heterocycles. The van der Waals surface area contributed by atoms with E-state index in [0.717, 1.165) is 28.2 Å². The number of fused-ring (bicyclic) bond motifs is 1. The molecule has 0 aliphatic rings. The number of anilines is 1. The molecule has 41 heavy (non-hydrogen) atoms. The molecule has 0 aliphatic heterocycles. The van der Waals surface area contributed by atoms with E-state index in [4.69, 9.17) is 4.98 Å². The first-order valence-electron chi connectivity index (χ1n) is 13.5. The topological polar surface area (TPSA) is 82.3 Å². The Hall–Kier alpha value is -4.85. The van der Waals surface area contributed by atoms with E-state index in [1.165, 1.54) is 12.1 Å². The molecule has 0 aliphatic carbocycles. The Morgan fingerprint density at radius 3 is 2.46 bits per heavy atom. The molecule has 0 saturated carbocycles. The number of H-pyrrole nitrogens is 2. The minimum atomic E-state index is -0.436. The zero-order chi connectivity index (χ0) is 29.7. The minimum Gasteiger partial charge on any atom is -0.358 e. The molecular formula is C33H34F2N6. The van der Waals surface area contributed by atoms with Crippen LogP contribution in [0.3, 0.4) is 0 Å². The number of halogens is 2. The summed E-state index contributed by atoms with van der Waals surface area (Å²) >= 11 is 0. The van der Waals surface area contributed by atoms with Crippen LogP contribution >= 0.6 is 0 Å². The Morgan fingerprint density at radius 2 is 1.78 bits per heavy atom. The van der Waals surface area contributed by atoms with Crippen molar-refractivity contribution in [2.45, 2.75) is 34.6 Å². The molecular weight excluding hydrogens is 518 g/mol. The van der Waals surface area contributed by atoms with Crippen molar-refractivity contribution in [2.24, 2.45) is 5.92 Å². The highest BCUT2D eigenvalue weighted by Gasteiger charge is 2.21. The maximum Gasteiger partial charge on any atom is 0.159 e. The first-order valence-corrected chi connectivity index (χ1v) is 13.5. The second-order valence-electron chi connectivity index (χ2n) is 9.57. The van der Waals surface area contributed by atoms with Gasteiger partial charge in [0.15, 0.2) is 5.82 Å². The van der Waals surface area contributed by atoms with Crippen LogP contribution in [0.25, 0.3) is 39.1 Å². The average Bonchev–Trinajstić information content (AvgIpc) is 3.57. The smallest absolute Gasteiger partial charge is 0.159 e. The van der Waals surface area contributed by atoms with Crippen molar-refractivity contribution in [1.82, 2.24) is 25.1 Å². The van der Waals surface area contributed by atoms with Crippen molar-refractivity contribution < 1.29 is 8.78 Å². The molecule has 210 valence electrons. The van der Waals surface area contributed by atoms with E-state index in [1.807, 2.05) is 46.8 Å². The molecule has 5 rings (SSSR count). The van der Waals surface area contributed by atoms with Gasteiger partial charge in [0.1, 0.15) is 17.3 Å². The third-order valence-electron chi connectivity index (χ3n) is 6.52. The van der Waals surface area contributed by atoms with Gasteiger partial charge in [-0.2, -0.15) is 5.10 Å². The number of nitrogens with zero attached hydrogens (tertiary/aromatic N) is 3. The molecule has 6 nitrogen and oxygen atoms in total. The molecule has 3 heterocycles. The number of aryl methyl sites for hydroxylation is 1. The van der Waals surface area contributed by atoms with E-state index in [2.05, 4.69) is 38.6 Å². The fourth-order valence-electron chi connectivity index (χ4n) is 4.35. The summed E-state index contributed by atoms with van der Waals surface area (Å²) in [5, 5.41) is 10.9. The molecule has 0 bridgehead atoms. The molecule has 0 saturated heterocycles. The number of imidazole rings is 1. The number of nitrogens with one attached hydrogen (secondary N) is 3. The molecule has 0 radical (unpaired) electrons. The van der Waals surface area contributed by atoms with Crippen LogP contribution in [0, 0.1) is 24.5 Å². The summed E-state index contributed by atoms with van der Waals surface area (Å²) in [6.45, 7) is 17.8. The summed E-state index contributed by atoms with van der Waals surface area (Å²) in [6.07, 6.45) is 6.76. The van der Waals surface area contributed by atoms with Gasteiger partial charge >= 0.3 is 0 Å². The number of pyridine rings is 1. The number of allylic oxidation sites excluding steroid dienone is 3. The molecule has 0 fully saturated rings. The quantitative estimate of drug-likeness (QED) is 0.168. The Kier molecular flexibility index (Phi) is 8.92. The van der Waals surface area contributed by atoms with Crippen molar-refractivity contribution in [3.8, 4) is 22.6 Å². The third kappa shape index (κ3) is 6.01. The molecule has 0 amide bonds. The van der Waals surface area contributed by atoms with E-state index >= 15 is 4.39 Å². The molecule has 0 spiro atoms. The van der Waals surface area contributed by atoms with Crippen LogP contribution in [0.4, 0.5) is 14.5 Å². The van der Waals surface area contributed by atoms with Gasteiger partial charge < -0.3 is 10.3 Å². The van der Waals surface area contributed by atoms with E-state index < -0.39 is 5.82 Å². The van der Waals surface area contributed by atoms with Crippen molar-refractivity contribution in [2.75, 3.05) is 5.32 Å². The molecule has 0 atom stereocenters. The SMILES string of the molecule is C=C/C=C(/c1ccc(F)cc1)c1nc(-c2n[nH]c3ccc(-c4cncc(NC(=C)C(C)C)c4)c(F)c23)[nH]c1C.CC. The second kappa shape index (κ2) is 12.6. The van der Waals surface area contributed by atoms with E-state index in [-0.39, 0.29) is 11.7 Å². The largest absolute Gasteiger partial charge is 0.358 e. The van der Waals surface area contributed by atoms with Crippen LogP contribution in [0.15, 0.2) is 85.9 Å². The van der Waals surface area contributed by atoms with Crippen LogP contribution in [0.5, 0.6) is 0 Å². The number of rotatable bonds is 8. The number of aromatic amines is 2. The van der Waals surface area contributed by atoms with Gasteiger partial charge in [-0.3, -0.25) is 10.1 Å². The molecule has 5 aromatic rings. The highest BCUT2D eigenvalue weighted by molar-refractivity contribution is 5.95. The molecule has 3 N–H and O–H groups in total. The van der Waals surface area contributed by atoms with Gasteiger partial charge in [0.25, 0.3) is 0 Å². The van der Waals surface area contributed by atoms with Crippen molar-refractivity contribution in [3.05, 3.63) is 114 Å². The van der Waals surface area contributed by atoms with Gasteiger partial charge in [0.2, 0.25) is 0 Å². The lowest BCUT2D eigenvalue weighted by Crippen LogP contribution is -2.04. The van der Waals surface area contributed by atoms with E-state index in [0.29, 0.717) is 39.2 Å². The predicted octanol–water partition coefficient (Wildman–Crippen LogP) is 8.83. The number of aromatic nitrogens is 5. The van der Waals surface area contributed by atoms with E-state index in [1.54, 1.807) is 42.7 Å². The van der Waals surface area contributed by atoms with E-state index in [9.17, 15) is 4.39 Å². The lowest BCUT2D eigenvalue weighted by molar-refractivity contribution is 0.627. The predicted molar refractivity (Wildman–Crippen MR) is 164 cm³/mol. The Balaban J connectivity index is 0.00000189. The van der Waals surface area contributed by atoms with Gasteiger partial charge in [0.05, 0.1) is 28.5 Å². The maximum atomic E-state index is 16.1. The van der Waals surface area contributed by atoms with Gasteiger partial charge in [-0.05, 0) is 48.7 Å². The third-order valence-corrected chi connectivity index (χ3v) is 6.52. The highest BCUT2D eigenvalue weighted by atomic mass is 19.1. The fraction of sp³-hybridized carbons (Fsp3) is 0.182.